The summed E-state index contributed by atoms with van der Waals surface area (Å²) in [7, 11) is -29.2. The molecule has 28 heteroatoms. The summed E-state index contributed by atoms with van der Waals surface area (Å²) in [6.07, 6.45) is 6.15. The largest absolute Gasteiger partial charge is 1.00 e. The van der Waals surface area contributed by atoms with Crippen molar-refractivity contribution in [3.8, 4) is 0 Å². The van der Waals surface area contributed by atoms with E-state index in [0.29, 0.717) is 50.5 Å². The van der Waals surface area contributed by atoms with Gasteiger partial charge in [-0.3, -0.25) is 27.3 Å². The molecule has 0 aliphatic carbocycles. The van der Waals surface area contributed by atoms with Crippen molar-refractivity contribution in [3.05, 3.63) is 94.1 Å². The van der Waals surface area contributed by atoms with E-state index in [4.69, 9.17) is 0 Å². The van der Waals surface area contributed by atoms with E-state index in [1.807, 2.05) is 0 Å². The van der Waals surface area contributed by atoms with Crippen molar-refractivity contribution in [2.75, 3.05) is 18.0 Å². The SMILES string of the molecule is CC(CCN1/C(=C/C=C(Br)/C=C/C2=[N+](CCC(C)S(=O)(=O)O)c3ccc4c(S(=O)(=O)O)cc(S(=O)(=O)O)cc4c3C2(C)C)C(C)(C)c2c1ccc1c(S(=O)(=O)O)cc(S(=O)(=O)O)cc21)S(=O)(=O)O.[H-].[Na+]. The minimum Gasteiger partial charge on any atom is -1.00 e. The van der Waals surface area contributed by atoms with Crippen molar-refractivity contribution in [2.45, 2.75) is 95.3 Å². The van der Waals surface area contributed by atoms with Crippen LogP contribution in [-0.4, -0.2) is 112 Å². The second kappa shape index (κ2) is 19.1. The number of halogens is 1. The Hall–Kier alpha value is -2.97. The van der Waals surface area contributed by atoms with E-state index >= 15 is 0 Å². The molecule has 0 amide bonds. The summed E-state index contributed by atoms with van der Waals surface area (Å²) in [5.74, 6) is 0. The number of fused-ring (bicyclic) bond motifs is 6. The van der Waals surface area contributed by atoms with Crippen LogP contribution in [0.2, 0.25) is 0 Å². The molecule has 372 valence electrons. The first kappa shape index (κ1) is 56.9. The zero-order valence-corrected chi connectivity index (χ0v) is 46.2. The fraction of sp³-hybridized carbons (Fsp3) is 0.341. The van der Waals surface area contributed by atoms with Gasteiger partial charge in [0.1, 0.15) is 9.79 Å². The fourth-order valence-corrected chi connectivity index (χ4v) is 12.5. The minimum absolute atomic E-state index is 0. The molecular weight excluding hydrogens is 1100 g/mol. The maximum Gasteiger partial charge on any atom is 1.00 e. The van der Waals surface area contributed by atoms with Crippen molar-refractivity contribution in [1.29, 1.82) is 0 Å². The molecule has 0 bridgehead atoms. The van der Waals surface area contributed by atoms with E-state index < -0.39 is 102 Å². The fourth-order valence-electron chi connectivity index (χ4n) is 8.78. The van der Waals surface area contributed by atoms with Crippen molar-refractivity contribution in [1.82, 2.24) is 0 Å². The van der Waals surface area contributed by atoms with Gasteiger partial charge < -0.3 is 6.33 Å². The quantitative estimate of drug-likeness (QED) is 0.0430. The number of nitrogens with zero attached hydrogens (tertiary/aromatic N) is 2. The van der Waals surface area contributed by atoms with Crippen molar-refractivity contribution < 1.29 is 113 Å². The molecule has 6 rings (SSSR count). The second-order valence-electron chi connectivity index (χ2n) is 17.5. The van der Waals surface area contributed by atoms with E-state index in [1.165, 1.54) is 38.1 Å². The number of hydrogen-bond acceptors (Lipinski definition) is 13. The summed E-state index contributed by atoms with van der Waals surface area (Å²) in [4.78, 5) is -1.60. The van der Waals surface area contributed by atoms with Crippen LogP contribution in [0, 0.1) is 0 Å². The van der Waals surface area contributed by atoms with Gasteiger partial charge in [0.05, 0.1) is 25.7 Å². The molecule has 2 heterocycles. The summed E-state index contributed by atoms with van der Waals surface area (Å²) in [5, 5.41) is -2.68. The van der Waals surface area contributed by atoms with Gasteiger partial charge in [-0.25, -0.2) is 0 Å². The Labute approximate surface area is 432 Å². The van der Waals surface area contributed by atoms with Gasteiger partial charge in [-0.05, 0) is 105 Å². The Bertz CT molecular complexity index is 3690. The topological polar surface area (TPSA) is 332 Å². The molecule has 4 aromatic rings. The van der Waals surface area contributed by atoms with Gasteiger partial charge in [-0.15, -0.1) is 0 Å². The van der Waals surface area contributed by atoms with Crippen molar-refractivity contribution in [3.63, 3.8) is 0 Å². The Kier molecular flexibility index (Phi) is 15.8. The van der Waals surface area contributed by atoms with E-state index in [1.54, 1.807) is 61.5 Å². The van der Waals surface area contributed by atoms with Gasteiger partial charge in [-0.2, -0.15) is 55.1 Å². The smallest absolute Gasteiger partial charge is 1.00 e. The Morgan fingerprint density at radius 2 is 1.12 bits per heavy atom. The van der Waals surface area contributed by atoms with Gasteiger partial charge in [-0.1, -0.05) is 35.8 Å². The van der Waals surface area contributed by atoms with Crippen LogP contribution in [0.3, 0.4) is 0 Å². The summed E-state index contributed by atoms with van der Waals surface area (Å²) < 4.78 is 210. The molecule has 0 saturated carbocycles. The molecule has 2 aliphatic rings. The second-order valence-corrected chi connectivity index (χ2v) is 27.7. The van der Waals surface area contributed by atoms with Gasteiger partial charge in [0.25, 0.3) is 60.7 Å². The first-order valence-corrected chi connectivity index (χ1v) is 29.6. The molecule has 69 heavy (non-hydrogen) atoms. The van der Waals surface area contributed by atoms with Gasteiger partial charge in [0.2, 0.25) is 5.69 Å². The molecule has 2 aliphatic heterocycles. The van der Waals surface area contributed by atoms with E-state index in [9.17, 15) is 77.8 Å². The molecule has 6 N–H and O–H groups in total. The third-order valence-electron chi connectivity index (χ3n) is 12.3. The van der Waals surface area contributed by atoms with Crippen LogP contribution < -0.4 is 34.5 Å². The maximum atomic E-state index is 12.6. The zero-order valence-electron chi connectivity index (χ0n) is 38.7. The van der Waals surface area contributed by atoms with E-state index in [2.05, 4.69) is 15.9 Å². The third kappa shape index (κ3) is 11.3. The molecule has 0 aromatic heterocycles. The van der Waals surface area contributed by atoms with Crippen molar-refractivity contribution >= 4 is 115 Å². The average molecular weight is 1150 g/mol. The van der Waals surface area contributed by atoms with Gasteiger partial charge in [0, 0.05) is 62.7 Å². The predicted octanol–water partition coefficient (Wildman–Crippen LogP) is 3.32. The van der Waals surface area contributed by atoms with Crippen LogP contribution in [0.4, 0.5) is 11.4 Å². The third-order valence-corrected chi connectivity index (χ3v) is 18.8. The summed E-state index contributed by atoms with van der Waals surface area (Å²) in [6.45, 7) is 9.28. The molecule has 20 nitrogen and oxygen atoms in total. The number of benzene rings is 4. The molecule has 4 aromatic carbocycles. The number of anilines is 1. The summed E-state index contributed by atoms with van der Waals surface area (Å²) in [5.41, 5.74) is -0.0871. The first-order chi connectivity index (χ1) is 30.8. The summed E-state index contributed by atoms with van der Waals surface area (Å²) in [6, 6.07) is 8.95. The van der Waals surface area contributed by atoms with Crippen molar-refractivity contribution in [2.24, 2.45) is 0 Å². The maximum absolute atomic E-state index is 12.6. The molecule has 2 unspecified atom stereocenters. The first-order valence-electron chi connectivity index (χ1n) is 20.0. The zero-order chi connectivity index (χ0) is 51.3. The van der Waals surface area contributed by atoms with Gasteiger partial charge in [0.15, 0.2) is 12.3 Å². The number of hydrogen-bond donors (Lipinski definition) is 6. The minimum atomic E-state index is -5.07. The van der Waals surface area contributed by atoms with Crippen LogP contribution >= 0.6 is 15.9 Å². The molecule has 2 atom stereocenters. The monoisotopic (exact) mass is 1150 g/mol. The van der Waals surface area contributed by atoms with Crippen LogP contribution in [-0.2, 0) is 71.5 Å². The standard InChI is InChI=1S/C41H45BrN2O18S6.Na.H/c1-23(63(45,46)47)15-17-43-32-11-9-28-30(19-26(65(51,52)53)21-34(28)67(57,58)59)38(32)40(3,4)36(43)13-7-25(42)8-14-37-41(5,6)39-31-20-27(66(54,55)56)22-35(68(60,61)62)29(31)10-12-33(39)44(37)18-16-24(2)64(48,49)50;;/h7-14,19-24H,15-18H2,1-6H3,(H5-,45,46,47,48,49,50,51,52,53,54,55,56,57,58,59,60,61,62);;/q;+1;-1/p+1. The Morgan fingerprint density at radius 1 is 0.652 bits per heavy atom. The van der Waals surface area contributed by atoms with Crippen LogP contribution in [0.15, 0.2) is 103 Å². The normalized spacial score (nSPS) is 18.2. The molecule has 0 spiro atoms. The van der Waals surface area contributed by atoms with Crippen LogP contribution in [0.25, 0.3) is 21.5 Å². The number of allylic oxidation sites excluding steroid dienone is 6. The average Bonchev–Trinajstić information content (AvgIpc) is 3.54. The van der Waals surface area contributed by atoms with E-state index in [0.717, 1.165) is 12.1 Å². The van der Waals surface area contributed by atoms with Crippen LogP contribution in [0.5, 0.6) is 0 Å². The molecule has 0 radical (unpaired) electrons. The predicted molar refractivity (Wildman–Crippen MR) is 257 cm³/mol. The van der Waals surface area contributed by atoms with E-state index in [-0.39, 0.29) is 78.5 Å². The summed E-state index contributed by atoms with van der Waals surface area (Å²) >= 11 is 3.54. The Balaban J connectivity index is 0.00000533. The Morgan fingerprint density at radius 3 is 1.58 bits per heavy atom. The molecular formula is C41H47BrN2NaO18S6+. The number of rotatable bonds is 15. The van der Waals surface area contributed by atoms with Gasteiger partial charge >= 0.3 is 29.6 Å². The molecule has 0 fully saturated rings. The molecule has 0 saturated heterocycles. The van der Waals surface area contributed by atoms with Crippen LogP contribution in [0.1, 0.15) is 66.9 Å².